The van der Waals surface area contributed by atoms with Crippen LogP contribution in [0.2, 0.25) is 0 Å². The number of anilines is 1. The van der Waals surface area contributed by atoms with Crippen LogP contribution in [0, 0.1) is 0 Å². The molecule has 3 aliphatic rings. The highest BCUT2D eigenvalue weighted by Crippen LogP contribution is 2.32. The third-order valence-corrected chi connectivity index (χ3v) is 5.59. The van der Waals surface area contributed by atoms with E-state index in [1.54, 1.807) is 36.4 Å². The van der Waals surface area contributed by atoms with Crippen LogP contribution >= 0.6 is 0 Å². The van der Waals surface area contributed by atoms with Gasteiger partial charge in [0.05, 0.1) is 0 Å². The van der Waals surface area contributed by atoms with Crippen LogP contribution < -0.4 is 20.1 Å². The van der Waals surface area contributed by atoms with E-state index in [9.17, 15) is 19.2 Å². The van der Waals surface area contributed by atoms with Gasteiger partial charge in [0.25, 0.3) is 11.8 Å². The number of benzene rings is 2. The Kier molecular flexibility index (Phi) is 4.58. The number of carbonyl (C=O) groups excluding carboxylic acids is 4. The van der Waals surface area contributed by atoms with Gasteiger partial charge in [-0.15, -0.1) is 0 Å². The van der Waals surface area contributed by atoms with Crippen molar-refractivity contribution in [3.8, 4) is 11.5 Å². The number of piperidine rings is 1. The molecule has 3 heterocycles. The summed E-state index contributed by atoms with van der Waals surface area (Å²) in [5.74, 6) is -0.220. The summed E-state index contributed by atoms with van der Waals surface area (Å²) in [6.07, 6.45) is 0.505. The summed E-state index contributed by atoms with van der Waals surface area (Å²) in [6.45, 7) is 1.15. The lowest BCUT2D eigenvalue weighted by Gasteiger charge is -2.29. The second-order valence-corrected chi connectivity index (χ2v) is 7.58. The van der Waals surface area contributed by atoms with Crippen molar-refractivity contribution in [3.63, 3.8) is 0 Å². The molecule has 5 rings (SSSR count). The second-order valence-electron chi connectivity index (χ2n) is 7.58. The Morgan fingerprint density at radius 2 is 1.84 bits per heavy atom. The van der Waals surface area contributed by atoms with Crippen LogP contribution in [0.15, 0.2) is 36.4 Å². The van der Waals surface area contributed by atoms with Gasteiger partial charge in [0.1, 0.15) is 19.3 Å². The average molecular weight is 421 g/mol. The SMILES string of the molecule is O=C1CCC(N2Cc3cc(NC(=O)c4ccc5c(c4)OCCO5)ccc3C2=O)C(=O)N1. The van der Waals surface area contributed by atoms with Crippen LogP contribution in [-0.2, 0) is 16.1 Å². The number of fused-ring (bicyclic) bond motifs is 2. The van der Waals surface area contributed by atoms with Crippen molar-refractivity contribution in [3.05, 3.63) is 53.1 Å². The van der Waals surface area contributed by atoms with Gasteiger partial charge < -0.3 is 19.7 Å². The average Bonchev–Trinajstić information content (AvgIpc) is 3.09. The van der Waals surface area contributed by atoms with E-state index in [0.717, 1.165) is 5.56 Å². The smallest absolute Gasteiger partial charge is 0.255 e. The molecule has 1 fully saturated rings. The Morgan fingerprint density at radius 1 is 1.03 bits per heavy atom. The van der Waals surface area contributed by atoms with Gasteiger partial charge >= 0.3 is 0 Å². The highest BCUT2D eigenvalue weighted by atomic mass is 16.6. The molecule has 0 aliphatic carbocycles. The zero-order chi connectivity index (χ0) is 21.5. The van der Waals surface area contributed by atoms with Crippen LogP contribution in [0.25, 0.3) is 0 Å². The third kappa shape index (κ3) is 3.48. The molecule has 1 saturated heterocycles. The topological polar surface area (TPSA) is 114 Å². The molecule has 0 radical (unpaired) electrons. The minimum absolute atomic E-state index is 0.202. The predicted molar refractivity (Wildman–Crippen MR) is 108 cm³/mol. The Labute approximate surface area is 177 Å². The highest BCUT2D eigenvalue weighted by molar-refractivity contribution is 6.07. The first-order chi connectivity index (χ1) is 15.0. The lowest BCUT2D eigenvalue weighted by molar-refractivity contribution is -0.136. The molecule has 1 atom stereocenters. The third-order valence-electron chi connectivity index (χ3n) is 5.59. The van der Waals surface area contributed by atoms with Gasteiger partial charge in [0.15, 0.2) is 11.5 Å². The first-order valence-corrected chi connectivity index (χ1v) is 9.98. The molecule has 1 unspecified atom stereocenters. The van der Waals surface area contributed by atoms with Crippen molar-refractivity contribution >= 4 is 29.3 Å². The van der Waals surface area contributed by atoms with E-state index in [-0.39, 0.29) is 30.7 Å². The minimum atomic E-state index is -0.673. The van der Waals surface area contributed by atoms with Gasteiger partial charge in [-0.05, 0) is 48.4 Å². The molecule has 9 heteroatoms. The molecule has 9 nitrogen and oxygen atoms in total. The molecule has 31 heavy (non-hydrogen) atoms. The fraction of sp³-hybridized carbons (Fsp3) is 0.273. The van der Waals surface area contributed by atoms with Crippen LogP contribution in [-0.4, -0.2) is 47.8 Å². The summed E-state index contributed by atoms with van der Waals surface area (Å²) in [4.78, 5) is 50.5. The molecule has 0 aromatic heterocycles. The van der Waals surface area contributed by atoms with Gasteiger partial charge in [-0.1, -0.05) is 0 Å². The van der Waals surface area contributed by atoms with E-state index in [4.69, 9.17) is 9.47 Å². The summed E-state index contributed by atoms with van der Waals surface area (Å²) in [6, 6.07) is 9.34. The molecule has 2 aromatic carbocycles. The van der Waals surface area contributed by atoms with Crippen molar-refractivity contribution in [2.45, 2.75) is 25.4 Å². The molecule has 158 valence electrons. The van der Waals surface area contributed by atoms with Crippen LogP contribution in [0.4, 0.5) is 5.69 Å². The zero-order valence-corrected chi connectivity index (χ0v) is 16.5. The molecule has 3 aliphatic heterocycles. The Morgan fingerprint density at radius 3 is 2.65 bits per heavy atom. The molecule has 4 amide bonds. The van der Waals surface area contributed by atoms with Gasteiger partial charge in [-0.3, -0.25) is 24.5 Å². The minimum Gasteiger partial charge on any atom is -0.486 e. The first kappa shape index (κ1) is 19.1. The molecule has 2 aromatic rings. The number of hydrogen-bond donors (Lipinski definition) is 2. The maximum absolute atomic E-state index is 12.8. The van der Waals surface area contributed by atoms with Crippen LogP contribution in [0.1, 0.15) is 39.1 Å². The van der Waals surface area contributed by atoms with Crippen molar-refractivity contribution < 1.29 is 28.7 Å². The van der Waals surface area contributed by atoms with E-state index in [0.29, 0.717) is 47.9 Å². The number of amides is 4. The second kappa shape index (κ2) is 7.42. The lowest BCUT2D eigenvalue weighted by atomic mass is 10.0. The molecular weight excluding hydrogens is 402 g/mol. The first-order valence-electron chi connectivity index (χ1n) is 9.98. The van der Waals surface area contributed by atoms with Crippen molar-refractivity contribution in [2.75, 3.05) is 18.5 Å². The molecular formula is C22H19N3O6. The Balaban J connectivity index is 1.32. The fourth-order valence-electron chi connectivity index (χ4n) is 4.04. The predicted octanol–water partition coefficient (Wildman–Crippen LogP) is 1.47. The number of hydrogen-bond acceptors (Lipinski definition) is 6. The largest absolute Gasteiger partial charge is 0.486 e. The summed E-state index contributed by atoms with van der Waals surface area (Å²) in [5, 5.41) is 5.11. The van der Waals surface area contributed by atoms with Gasteiger partial charge in [0, 0.05) is 29.8 Å². The lowest BCUT2D eigenvalue weighted by Crippen LogP contribution is -2.52. The maximum Gasteiger partial charge on any atom is 0.255 e. The van der Waals surface area contributed by atoms with Crippen molar-refractivity contribution in [2.24, 2.45) is 0 Å². The summed E-state index contributed by atoms with van der Waals surface area (Å²) in [5.41, 5.74) is 2.17. The van der Waals surface area contributed by atoms with Crippen molar-refractivity contribution in [1.29, 1.82) is 0 Å². The quantitative estimate of drug-likeness (QED) is 0.726. The molecule has 0 spiro atoms. The van der Waals surface area contributed by atoms with E-state index in [2.05, 4.69) is 10.6 Å². The van der Waals surface area contributed by atoms with Gasteiger partial charge in [0.2, 0.25) is 11.8 Å². The zero-order valence-electron chi connectivity index (χ0n) is 16.5. The van der Waals surface area contributed by atoms with E-state index >= 15 is 0 Å². The van der Waals surface area contributed by atoms with Crippen LogP contribution in [0.3, 0.4) is 0 Å². The van der Waals surface area contributed by atoms with Crippen molar-refractivity contribution in [1.82, 2.24) is 10.2 Å². The van der Waals surface area contributed by atoms with Gasteiger partial charge in [-0.2, -0.15) is 0 Å². The highest BCUT2D eigenvalue weighted by Gasteiger charge is 2.39. The fourth-order valence-corrected chi connectivity index (χ4v) is 4.04. The Bertz CT molecular complexity index is 1130. The van der Waals surface area contributed by atoms with E-state index in [1.807, 2.05) is 0 Å². The van der Waals surface area contributed by atoms with Gasteiger partial charge in [-0.25, -0.2) is 0 Å². The van der Waals surface area contributed by atoms with E-state index < -0.39 is 11.9 Å². The summed E-state index contributed by atoms with van der Waals surface area (Å²) < 4.78 is 11.0. The summed E-state index contributed by atoms with van der Waals surface area (Å²) >= 11 is 0. The number of nitrogens with zero attached hydrogens (tertiary/aromatic N) is 1. The number of rotatable bonds is 3. The number of imide groups is 1. The normalized spacial score (nSPS) is 19.7. The number of nitrogens with one attached hydrogen (secondary N) is 2. The number of carbonyl (C=O) groups is 4. The maximum atomic E-state index is 12.8. The monoisotopic (exact) mass is 421 g/mol. The molecule has 0 saturated carbocycles. The molecule has 2 N–H and O–H groups in total. The van der Waals surface area contributed by atoms with E-state index in [1.165, 1.54) is 4.90 Å². The number of ether oxygens (including phenoxy) is 2. The summed E-state index contributed by atoms with van der Waals surface area (Å²) in [7, 11) is 0. The standard InChI is InChI=1S/C22H19N3O6/c26-19-6-4-16(21(28)24-19)25-11-13-9-14(2-3-15(13)22(25)29)23-20(27)12-1-5-17-18(10-12)31-8-7-30-17/h1-3,5,9-10,16H,4,6-8,11H2,(H,23,27)(H,24,26,28). The van der Waals surface area contributed by atoms with Crippen LogP contribution in [0.5, 0.6) is 11.5 Å². The Hall–Kier alpha value is -3.88. The molecule has 0 bridgehead atoms.